The van der Waals surface area contributed by atoms with E-state index < -0.39 is 15.3 Å². The Morgan fingerprint density at radius 2 is 2.11 bits per heavy atom. The average Bonchev–Trinajstić information content (AvgIpc) is 2.64. The fourth-order valence-electron chi connectivity index (χ4n) is 1.97. The van der Waals surface area contributed by atoms with Crippen LogP contribution in [0.15, 0.2) is 18.2 Å². The molecule has 1 atom stereocenters. The Hall–Kier alpha value is -1.11. The zero-order valence-corrected chi connectivity index (χ0v) is 11.3. The number of hydrogen-bond acceptors (Lipinski definition) is 3. The number of rotatable bonds is 2. The normalized spacial score (nSPS) is 20.5. The molecule has 5 nitrogen and oxygen atoms in total. The predicted octanol–water partition coefficient (Wildman–Crippen LogP) is 1.04. The van der Waals surface area contributed by atoms with Crippen LogP contribution in [0.5, 0.6) is 0 Å². The maximum absolute atomic E-state index is 11.8. The van der Waals surface area contributed by atoms with Crippen LogP contribution in [-0.4, -0.2) is 26.1 Å². The molecule has 0 saturated carbocycles. The summed E-state index contributed by atoms with van der Waals surface area (Å²) in [7, 11) is -3.70. The van der Waals surface area contributed by atoms with Crippen molar-refractivity contribution >= 4 is 33.2 Å². The Labute approximate surface area is 111 Å². The molecule has 0 aliphatic carbocycles. The Balaban J connectivity index is 2.36. The van der Waals surface area contributed by atoms with Crippen LogP contribution in [0.1, 0.15) is 12.0 Å². The molecular weight excluding hydrogens is 276 g/mol. The van der Waals surface area contributed by atoms with Crippen LogP contribution in [0.4, 0.5) is 5.69 Å². The molecule has 1 amide bonds. The number of halogens is 1. The number of benzene rings is 1. The van der Waals surface area contributed by atoms with Crippen LogP contribution >= 0.6 is 11.6 Å². The van der Waals surface area contributed by atoms with E-state index in [1.165, 1.54) is 4.90 Å². The lowest BCUT2D eigenvalue weighted by Gasteiger charge is -2.18. The zero-order chi connectivity index (χ0) is 13.5. The fraction of sp³-hybridized carbons (Fsp3) is 0.364. The van der Waals surface area contributed by atoms with Gasteiger partial charge in [-0.3, -0.25) is 4.79 Å². The van der Waals surface area contributed by atoms with Gasteiger partial charge in [0, 0.05) is 13.0 Å². The molecule has 0 spiro atoms. The maximum atomic E-state index is 11.8. The first-order chi connectivity index (χ1) is 8.30. The van der Waals surface area contributed by atoms with Crippen molar-refractivity contribution in [3.05, 3.63) is 28.8 Å². The van der Waals surface area contributed by atoms with Gasteiger partial charge >= 0.3 is 0 Å². The summed E-state index contributed by atoms with van der Waals surface area (Å²) in [6.45, 7) is 1.88. The van der Waals surface area contributed by atoms with Gasteiger partial charge in [-0.1, -0.05) is 23.7 Å². The van der Waals surface area contributed by atoms with Crippen LogP contribution in [0.3, 0.4) is 0 Å². The van der Waals surface area contributed by atoms with E-state index in [1.807, 2.05) is 13.0 Å². The summed E-state index contributed by atoms with van der Waals surface area (Å²) >= 11 is 6.13. The molecule has 1 fully saturated rings. The second-order valence-corrected chi connectivity index (χ2v) is 6.55. The smallest absolute Gasteiger partial charge is 0.228 e. The lowest BCUT2D eigenvalue weighted by Crippen LogP contribution is -2.32. The van der Waals surface area contributed by atoms with E-state index in [2.05, 4.69) is 0 Å². The lowest BCUT2D eigenvalue weighted by atomic mass is 10.2. The second-order valence-electron chi connectivity index (χ2n) is 4.33. The van der Waals surface area contributed by atoms with Crippen molar-refractivity contribution in [2.24, 2.45) is 5.14 Å². The SMILES string of the molecule is Cc1cccc(N2CC(S(N)(=O)=O)CC2=O)c1Cl. The number of carbonyl (C=O) groups is 1. The number of carbonyl (C=O) groups excluding carboxylic acids is 1. The highest BCUT2D eigenvalue weighted by Gasteiger charge is 2.37. The minimum Gasteiger partial charge on any atom is -0.310 e. The van der Waals surface area contributed by atoms with Crippen molar-refractivity contribution in [2.75, 3.05) is 11.4 Å². The molecule has 98 valence electrons. The van der Waals surface area contributed by atoms with Gasteiger partial charge in [-0.25, -0.2) is 13.6 Å². The number of amides is 1. The number of sulfonamides is 1. The molecule has 2 rings (SSSR count). The third-order valence-electron chi connectivity index (χ3n) is 3.02. The molecule has 1 saturated heterocycles. The number of nitrogens with two attached hydrogens (primary N) is 1. The predicted molar refractivity (Wildman–Crippen MR) is 70.1 cm³/mol. The molecule has 0 bridgehead atoms. The number of primary sulfonamides is 1. The molecule has 0 aromatic heterocycles. The van der Waals surface area contributed by atoms with E-state index >= 15 is 0 Å². The molecule has 1 aromatic carbocycles. The van der Waals surface area contributed by atoms with E-state index in [0.29, 0.717) is 10.7 Å². The number of aryl methyl sites for hydroxylation is 1. The number of anilines is 1. The maximum Gasteiger partial charge on any atom is 0.228 e. The highest BCUT2D eigenvalue weighted by molar-refractivity contribution is 7.89. The molecule has 2 N–H and O–H groups in total. The van der Waals surface area contributed by atoms with Crippen molar-refractivity contribution in [3.63, 3.8) is 0 Å². The summed E-state index contributed by atoms with van der Waals surface area (Å²) < 4.78 is 22.5. The van der Waals surface area contributed by atoms with E-state index in [4.69, 9.17) is 16.7 Å². The number of hydrogen-bond donors (Lipinski definition) is 1. The first-order valence-electron chi connectivity index (χ1n) is 5.38. The van der Waals surface area contributed by atoms with Crippen molar-refractivity contribution in [1.82, 2.24) is 0 Å². The molecule has 1 aliphatic rings. The fourth-order valence-corrected chi connectivity index (χ4v) is 2.93. The third-order valence-corrected chi connectivity index (χ3v) is 4.75. The Kier molecular flexibility index (Phi) is 3.35. The molecule has 1 unspecified atom stereocenters. The van der Waals surface area contributed by atoms with Crippen LogP contribution < -0.4 is 10.0 Å². The second kappa shape index (κ2) is 4.53. The van der Waals surface area contributed by atoms with Crippen molar-refractivity contribution in [3.8, 4) is 0 Å². The van der Waals surface area contributed by atoms with Gasteiger partial charge in [-0.05, 0) is 18.6 Å². The first kappa shape index (κ1) is 13.3. The molecule has 1 heterocycles. The summed E-state index contributed by atoms with van der Waals surface area (Å²) in [5.74, 6) is -0.276. The van der Waals surface area contributed by atoms with Crippen LogP contribution in [0.25, 0.3) is 0 Å². The molecule has 1 aromatic rings. The Morgan fingerprint density at radius 1 is 1.44 bits per heavy atom. The van der Waals surface area contributed by atoms with Crippen LogP contribution in [-0.2, 0) is 14.8 Å². The van der Waals surface area contributed by atoms with E-state index in [0.717, 1.165) is 5.56 Å². The van der Waals surface area contributed by atoms with Gasteiger partial charge in [0.15, 0.2) is 0 Å². The van der Waals surface area contributed by atoms with Crippen molar-refractivity contribution in [1.29, 1.82) is 0 Å². The van der Waals surface area contributed by atoms with Crippen LogP contribution in [0.2, 0.25) is 5.02 Å². The molecular formula is C11H13ClN2O3S. The summed E-state index contributed by atoms with van der Waals surface area (Å²) in [6, 6.07) is 5.29. The molecule has 18 heavy (non-hydrogen) atoms. The van der Waals surface area contributed by atoms with E-state index in [-0.39, 0.29) is 18.9 Å². The highest BCUT2D eigenvalue weighted by atomic mass is 35.5. The topological polar surface area (TPSA) is 80.5 Å². The summed E-state index contributed by atoms with van der Waals surface area (Å²) in [5, 5.41) is 4.67. The average molecular weight is 289 g/mol. The highest BCUT2D eigenvalue weighted by Crippen LogP contribution is 2.32. The summed E-state index contributed by atoms with van der Waals surface area (Å²) in [5.41, 5.74) is 1.37. The zero-order valence-electron chi connectivity index (χ0n) is 9.76. The minimum atomic E-state index is -3.70. The Bertz CT molecular complexity index is 600. The molecule has 7 heteroatoms. The standard InChI is InChI=1S/C11H13ClN2O3S/c1-7-3-2-4-9(11(7)12)14-6-8(5-10(14)15)18(13,16)17/h2-4,8H,5-6H2,1H3,(H2,13,16,17). The quantitative estimate of drug-likeness (QED) is 0.883. The Morgan fingerprint density at radius 3 is 2.67 bits per heavy atom. The van der Waals surface area contributed by atoms with Gasteiger partial charge in [0.2, 0.25) is 15.9 Å². The monoisotopic (exact) mass is 288 g/mol. The molecule has 1 aliphatic heterocycles. The number of nitrogens with zero attached hydrogens (tertiary/aromatic N) is 1. The van der Waals surface area contributed by atoms with Crippen molar-refractivity contribution < 1.29 is 13.2 Å². The largest absolute Gasteiger partial charge is 0.310 e. The first-order valence-corrected chi connectivity index (χ1v) is 7.36. The minimum absolute atomic E-state index is 0.0564. The van der Waals surface area contributed by atoms with Gasteiger partial charge in [-0.2, -0.15) is 0 Å². The van der Waals surface area contributed by atoms with Crippen molar-refractivity contribution in [2.45, 2.75) is 18.6 Å². The van der Waals surface area contributed by atoms with Crippen LogP contribution in [0, 0.1) is 6.92 Å². The van der Waals surface area contributed by atoms with Gasteiger partial charge in [0.25, 0.3) is 0 Å². The van der Waals surface area contributed by atoms with E-state index in [1.54, 1.807) is 12.1 Å². The molecule has 0 radical (unpaired) electrons. The summed E-state index contributed by atoms with van der Waals surface area (Å²) in [6.07, 6.45) is -0.0941. The van der Waals surface area contributed by atoms with Gasteiger partial charge in [0.1, 0.15) is 5.25 Å². The third kappa shape index (κ3) is 2.36. The lowest BCUT2D eigenvalue weighted by molar-refractivity contribution is -0.117. The van der Waals surface area contributed by atoms with Gasteiger partial charge < -0.3 is 4.90 Å². The summed E-state index contributed by atoms with van der Waals surface area (Å²) in [4.78, 5) is 13.2. The van der Waals surface area contributed by atoms with Gasteiger partial charge in [-0.15, -0.1) is 0 Å². The van der Waals surface area contributed by atoms with Gasteiger partial charge in [0.05, 0.1) is 10.7 Å². The van der Waals surface area contributed by atoms with E-state index in [9.17, 15) is 13.2 Å².